The fourth-order valence-electron chi connectivity index (χ4n) is 20.8. The second kappa shape index (κ2) is 26.8. The van der Waals surface area contributed by atoms with Gasteiger partial charge >= 0.3 is 5.97 Å². The van der Waals surface area contributed by atoms with Gasteiger partial charge in [0.15, 0.2) is 17.5 Å². The van der Waals surface area contributed by atoms with Gasteiger partial charge in [-0.3, -0.25) is 19.4 Å². The Hall–Kier alpha value is -4.36. The number of esters is 1. The maximum Gasteiger partial charge on any atom is 0.314 e. The Morgan fingerprint density at radius 2 is 1.68 bits per heavy atom. The van der Waals surface area contributed by atoms with Gasteiger partial charge in [-0.2, -0.15) is 0 Å². The summed E-state index contributed by atoms with van der Waals surface area (Å²) < 4.78 is 6.33. The van der Waals surface area contributed by atoms with Crippen molar-refractivity contribution >= 4 is 45.1 Å². The van der Waals surface area contributed by atoms with Crippen molar-refractivity contribution in [2.24, 2.45) is 97.8 Å². The molecule has 2 bridgehead atoms. The predicted octanol–water partition coefficient (Wildman–Crippen LogP) is 7.95. The van der Waals surface area contributed by atoms with E-state index in [4.69, 9.17) is 16.2 Å². The van der Waals surface area contributed by atoms with Gasteiger partial charge in [-0.25, -0.2) is 0 Å². The van der Waals surface area contributed by atoms with Crippen molar-refractivity contribution < 1.29 is 60.0 Å². The normalized spacial score (nSPS) is 43.0. The summed E-state index contributed by atoms with van der Waals surface area (Å²) in [6.07, 6.45) is 9.76. The zero-order valence-electron chi connectivity index (χ0n) is 53.4. The van der Waals surface area contributed by atoms with Crippen LogP contribution in [0.25, 0.3) is 0 Å². The Bertz CT molecular complexity index is 3090. The molecule has 6 fully saturated rings. The lowest BCUT2D eigenvalue weighted by Gasteiger charge is -2.68. The molecule has 7 aliphatic carbocycles. The monoisotopic (exact) mass is 1280 g/mol. The zero-order valence-corrected chi connectivity index (χ0v) is 55.0. The molecule has 0 radical (unpaired) electrons. The standard InChI is InChI=1S/C71H101N5O12S2/c1-6-8-9-23-70-52-38-90-89-37-46(40-15-18-47(79)19-16-40)30-54(80)53(36-78)76-61(64(70)84)60-51(67(70,4)33-55(81)62(52)83)21-24-69(25-27-75-66(72)73)63-43(32-71(60,69)87)12-10-11-42(58-56(7-2)88-65(85)59(58)44-22-26-74-34-44)29-50-48(45(35-77)31-57(82)68(63,5)86)20-17-41-14-13-39(3)28-49(41)50/h15-19,22,26,34,39,42-43,45-46,48-53,55-59,62-63,74,76-79,81-83,86-87H,6-9,12-14,20-21,23-25,27-33,35-38H2,1-5H3,(H4,72,73,75). The van der Waals surface area contributed by atoms with Crippen LogP contribution in [0.15, 0.2) is 70.6 Å². The van der Waals surface area contributed by atoms with Gasteiger partial charge in [0.05, 0.1) is 47.7 Å². The topological polar surface area (TPSA) is 314 Å². The molecule has 1 aromatic carbocycles. The van der Waals surface area contributed by atoms with Gasteiger partial charge in [0.1, 0.15) is 17.9 Å². The van der Waals surface area contributed by atoms with Gasteiger partial charge in [0, 0.05) is 90.3 Å². The molecular weight excluding hydrogens is 1180 g/mol. The highest BCUT2D eigenvalue weighted by molar-refractivity contribution is 8.76. The number of aliphatic imine (C=N–C) groups is 1. The van der Waals surface area contributed by atoms with Gasteiger partial charge in [-0.05, 0) is 172 Å². The van der Waals surface area contributed by atoms with E-state index in [0.717, 1.165) is 43.2 Å². The van der Waals surface area contributed by atoms with Crippen LogP contribution < -0.4 is 16.8 Å². The number of benzene rings is 1. The number of aromatic amines is 1. The molecule has 2 aliphatic heterocycles. The summed E-state index contributed by atoms with van der Waals surface area (Å²) in [5, 5.41) is 105. The molecule has 11 rings (SSSR count). The Morgan fingerprint density at radius 3 is 2.38 bits per heavy atom. The molecule has 17 nitrogen and oxygen atoms in total. The number of ether oxygens (including phenoxy) is 1. The lowest BCUT2D eigenvalue weighted by Crippen LogP contribution is -2.71. The van der Waals surface area contributed by atoms with Crippen molar-refractivity contribution in [3.05, 3.63) is 76.8 Å². The summed E-state index contributed by atoms with van der Waals surface area (Å²) in [5.41, 5.74) is 7.73. The van der Waals surface area contributed by atoms with Crippen molar-refractivity contribution in [1.29, 1.82) is 0 Å². The molecule has 2 saturated heterocycles. The number of aliphatic hydroxyl groups is 7. The number of phenols is 1. The van der Waals surface area contributed by atoms with Crippen LogP contribution in [0.5, 0.6) is 5.75 Å². The van der Waals surface area contributed by atoms with E-state index in [2.05, 4.69) is 54.0 Å². The maximum atomic E-state index is 17.2. The number of aromatic hydroxyl groups is 1. The first kappa shape index (κ1) is 67.1. The minimum Gasteiger partial charge on any atom is -0.508 e. The Kier molecular flexibility index (Phi) is 20.0. The van der Waals surface area contributed by atoms with Crippen molar-refractivity contribution in [1.82, 2.24) is 10.3 Å². The van der Waals surface area contributed by atoms with Crippen LogP contribution in [0.2, 0.25) is 0 Å². The predicted molar refractivity (Wildman–Crippen MR) is 349 cm³/mol. The van der Waals surface area contributed by atoms with Crippen molar-refractivity contribution in [2.45, 2.75) is 204 Å². The zero-order chi connectivity index (χ0) is 64.2. The molecule has 0 spiro atoms. The second-order valence-electron chi connectivity index (χ2n) is 29.5. The van der Waals surface area contributed by atoms with E-state index < -0.39 is 106 Å². The van der Waals surface area contributed by atoms with Crippen LogP contribution in [-0.2, 0) is 19.1 Å². The number of aliphatic hydroxyl groups excluding tert-OH is 5. The first-order valence-electron chi connectivity index (χ1n) is 33.9. The minimum absolute atomic E-state index is 0.00190. The molecule has 494 valence electrons. The van der Waals surface area contributed by atoms with E-state index >= 15 is 14.7 Å². The number of hydrogen-bond donors (Lipinski definition) is 12. The summed E-state index contributed by atoms with van der Waals surface area (Å²) >= 11 is 0. The number of nitrogens with one attached hydrogen (secondary N) is 2. The van der Waals surface area contributed by atoms with Crippen LogP contribution in [0.1, 0.15) is 173 Å². The molecule has 2 aromatic rings. The average molecular weight is 1280 g/mol. The highest BCUT2D eigenvalue weighted by atomic mass is 33.1. The number of fused-ring (bicyclic) bond motifs is 10. The Morgan fingerprint density at radius 1 is 0.911 bits per heavy atom. The van der Waals surface area contributed by atoms with E-state index in [1.165, 1.54) is 27.2 Å². The number of unbranched alkanes of at least 4 members (excludes halogenated alkanes) is 2. The molecule has 1 aromatic heterocycles. The smallest absolute Gasteiger partial charge is 0.314 e. The first-order valence-corrected chi connectivity index (χ1v) is 36.4. The third-order valence-electron chi connectivity index (χ3n) is 25.0. The third-order valence-corrected chi connectivity index (χ3v) is 27.5. The number of aromatic nitrogens is 1. The SMILES string of the molecule is CCCCCC12C(=O)C3=C4C(CCC5(CCN=C(N)N)C6C(CC#CC(C7C(CC)OC(=O)C7c7cc[nH]c7)CC7C8CC(C)CCC8=CCC7C(CO)CC(O)C6(C)O)CC45O)C1(C)CC(O)C(O)C2CSSCC(c1ccc(O)cc1)CC(=O)C(CO)N3. The number of cyclic esters (lactones) is 1. The largest absolute Gasteiger partial charge is 0.508 e. The Labute approximate surface area is 539 Å². The number of phenolic OH excluding ortho intramolecular Hbond substituents is 1. The number of Topliss-reactive ketones (excluding diaryl/α,β-unsaturated/α-hetero) is 2. The van der Waals surface area contributed by atoms with Crippen LogP contribution in [0.3, 0.4) is 0 Å². The molecule has 4 saturated carbocycles. The number of carbonyl (C=O) groups excluding carboxylic acids is 3. The average Bonchev–Trinajstić information content (AvgIpc) is 1.24. The van der Waals surface area contributed by atoms with Crippen molar-refractivity contribution in [2.75, 3.05) is 31.3 Å². The lowest BCUT2D eigenvalue weighted by molar-refractivity contribution is -0.214. The number of nitrogens with zero attached hydrogens (tertiary/aromatic N) is 1. The van der Waals surface area contributed by atoms with E-state index in [9.17, 15) is 40.5 Å². The number of ketones is 2. The molecule has 23 unspecified atom stereocenters. The van der Waals surface area contributed by atoms with Gasteiger partial charge in [-0.15, -0.1) is 5.92 Å². The number of carbonyl (C=O) groups is 3. The summed E-state index contributed by atoms with van der Waals surface area (Å²) in [6, 6.07) is 7.30. The maximum absolute atomic E-state index is 17.2. The van der Waals surface area contributed by atoms with Crippen molar-refractivity contribution in [3.8, 4) is 17.6 Å². The first-order chi connectivity index (χ1) is 43.0. The summed E-state index contributed by atoms with van der Waals surface area (Å²) in [6.45, 7) is 9.16. The summed E-state index contributed by atoms with van der Waals surface area (Å²) in [4.78, 5) is 54.4. The van der Waals surface area contributed by atoms with Crippen LogP contribution in [0, 0.1) is 93.2 Å². The van der Waals surface area contributed by atoms with Crippen LogP contribution in [0.4, 0.5) is 0 Å². The molecular formula is C71H101N5O12S2. The second-order valence-corrected chi connectivity index (χ2v) is 32.1. The quantitative estimate of drug-likeness (QED) is 0.0172. The van der Waals surface area contributed by atoms with Crippen LogP contribution >= 0.6 is 21.6 Å². The number of hydrogen-bond acceptors (Lipinski definition) is 16. The summed E-state index contributed by atoms with van der Waals surface area (Å²) in [5.74, 6) is 2.33. The lowest BCUT2D eigenvalue weighted by atomic mass is 9.37. The van der Waals surface area contributed by atoms with Crippen molar-refractivity contribution in [3.63, 3.8) is 0 Å². The number of allylic oxidation sites excluding steroid dienone is 3. The molecule has 90 heavy (non-hydrogen) atoms. The van der Waals surface area contributed by atoms with E-state index in [1.54, 1.807) is 31.2 Å². The molecule has 19 heteroatoms. The molecule has 23 atom stereocenters. The minimum atomic E-state index is -2.04. The third kappa shape index (κ3) is 11.5. The van der Waals surface area contributed by atoms with Crippen LogP contribution in [-0.4, -0.2) is 142 Å². The van der Waals surface area contributed by atoms with Gasteiger partial charge in [-0.1, -0.05) is 98.2 Å². The molecule has 14 N–H and O–H groups in total. The van der Waals surface area contributed by atoms with Gasteiger partial charge < -0.3 is 67.4 Å². The highest BCUT2D eigenvalue weighted by Gasteiger charge is 2.77. The summed E-state index contributed by atoms with van der Waals surface area (Å²) in [7, 11) is 3.02. The van der Waals surface area contributed by atoms with Gasteiger partial charge in [0.25, 0.3) is 0 Å². The van der Waals surface area contributed by atoms with Gasteiger partial charge in [0.2, 0.25) is 0 Å². The van der Waals surface area contributed by atoms with E-state index in [1.807, 2.05) is 25.4 Å². The number of guanidine groups is 1. The number of nitrogens with two attached hydrogens (primary N) is 2. The molecule has 3 heterocycles. The Balaban J connectivity index is 1.13. The van der Waals surface area contributed by atoms with E-state index in [-0.39, 0.29) is 129 Å². The molecule has 9 aliphatic rings. The van der Waals surface area contributed by atoms with E-state index in [0.29, 0.717) is 55.8 Å². The highest BCUT2D eigenvalue weighted by Crippen LogP contribution is 2.75. The number of rotatable bonds is 13. The number of H-pyrrole nitrogens is 1. The fraction of sp³-hybridized carbons (Fsp3) is 0.718. The fourth-order valence-corrected chi connectivity index (χ4v) is 23.6. The molecule has 0 amide bonds.